The van der Waals surface area contributed by atoms with E-state index in [4.69, 9.17) is 24.3 Å². The van der Waals surface area contributed by atoms with Crippen LogP contribution in [0.5, 0.6) is 0 Å². The molecule has 0 aliphatic heterocycles. The predicted octanol–water partition coefficient (Wildman–Crippen LogP) is 8.57. The predicted molar refractivity (Wildman–Crippen MR) is 169 cm³/mol. The second-order valence-corrected chi connectivity index (χ2v) is 12.1. The Hall–Kier alpha value is -1.02. The number of carbonyl (C=O) groups excluding carboxylic acids is 1. The number of unbranched alkanes of at least 4 members (excludes halogenated alkanes) is 14. The van der Waals surface area contributed by atoms with Gasteiger partial charge in [-0.05, 0) is 51.4 Å². The Bertz CT molecular complexity index is 687. The molecule has 0 spiro atoms. The molecular formula is C32H62NO7P. The minimum atomic E-state index is -4.26. The molecule has 0 saturated carbocycles. The van der Waals surface area contributed by atoms with Crippen molar-refractivity contribution in [3.8, 4) is 0 Å². The lowest BCUT2D eigenvalue weighted by atomic mass is 10.1. The maximum absolute atomic E-state index is 12.4. The van der Waals surface area contributed by atoms with Crippen molar-refractivity contribution in [2.24, 2.45) is 5.73 Å². The molecule has 0 aliphatic rings. The minimum absolute atomic E-state index is 0.0978. The highest BCUT2D eigenvalue weighted by Gasteiger charge is 2.25. The van der Waals surface area contributed by atoms with Crippen LogP contribution in [0.15, 0.2) is 24.3 Å². The van der Waals surface area contributed by atoms with Crippen LogP contribution < -0.4 is 5.73 Å². The Labute approximate surface area is 251 Å². The molecule has 41 heavy (non-hydrogen) atoms. The zero-order valence-electron chi connectivity index (χ0n) is 26.3. The zero-order valence-corrected chi connectivity index (χ0v) is 27.2. The van der Waals surface area contributed by atoms with Gasteiger partial charge in [-0.1, -0.05) is 102 Å². The Balaban J connectivity index is 4.18. The van der Waals surface area contributed by atoms with Crippen LogP contribution in [0, 0.1) is 0 Å². The third-order valence-electron chi connectivity index (χ3n) is 6.57. The van der Waals surface area contributed by atoms with E-state index >= 15 is 0 Å². The zero-order chi connectivity index (χ0) is 30.3. The van der Waals surface area contributed by atoms with E-state index in [2.05, 4.69) is 38.2 Å². The Kier molecular flexibility index (Phi) is 29.7. The SMILES string of the molecule is CCC/C=C\CCCCCCCCOCC(COP(=O)(O)OCCN)OC(=O)CCCCCCC/C=C\CCCC. The number of nitrogens with two attached hydrogens (primary N) is 1. The second-order valence-electron chi connectivity index (χ2n) is 10.7. The fourth-order valence-electron chi connectivity index (χ4n) is 4.15. The van der Waals surface area contributed by atoms with Crippen molar-refractivity contribution in [1.29, 1.82) is 0 Å². The molecule has 0 heterocycles. The number of ether oxygens (including phenoxy) is 2. The molecule has 0 aliphatic carbocycles. The maximum atomic E-state index is 12.4. The van der Waals surface area contributed by atoms with Crippen LogP contribution in [0.4, 0.5) is 0 Å². The van der Waals surface area contributed by atoms with E-state index in [1.165, 1.54) is 70.6 Å². The highest BCUT2D eigenvalue weighted by Crippen LogP contribution is 2.43. The topological polar surface area (TPSA) is 117 Å². The minimum Gasteiger partial charge on any atom is -0.457 e. The van der Waals surface area contributed by atoms with Crippen molar-refractivity contribution in [3.05, 3.63) is 24.3 Å². The molecule has 0 amide bonds. The first-order valence-corrected chi connectivity index (χ1v) is 17.8. The van der Waals surface area contributed by atoms with Crippen LogP contribution in [0.2, 0.25) is 0 Å². The summed E-state index contributed by atoms with van der Waals surface area (Å²) in [7, 11) is -4.26. The van der Waals surface area contributed by atoms with Crippen molar-refractivity contribution in [2.75, 3.05) is 33.0 Å². The first kappa shape index (κ1) is 40.0. The van der Waals surface area contributed by atoms with Gasteiger partial charge in [0.05, 0.1) is 19.8 Å². The first-order chi connectivity index (χ1) is 19.9. The number of phosphoric ester groups is 1. The van der Waals surface area contributed by atoms with Gasteiger partial charge in [-0.25, -0.2) is 4.57 Å². The summed E-state index contributed by atoms with van der Waals surface area (Å²) >= 11 is 0. The van der Waals surface area contributed by atoms with Gasteiger partial charge in [0, 0.05) is 19.6 Å². The number of allylic oxidation sites excluding steroid dienone is 4. The maximum Gasteiger partial charge on any atom is 0.472 e. The normalized spacial score (nSPS) is 14.1. The van der Waals surface area contributed by atoms with Crippen molar-refractivity contribution in [3.63, 3.8) is 0 Å². The van der Waals surface area contributed by atoms with Gasteiger partial charge in [0.15, 0.2) is 0 Å². The molecule has 0 bridgehead atoms. The summed E-state index contributed by atoms with van der Waals surface area (Å²) in [6.45, 7) is 4.78. The number of esters is 1. The van der Waals surface area contributed by atoms with Crippen molar-refractivity contribution < 1.29 is 32.8 Å². The van der Waals surface area contributed by atoms with E-state index in [-0.39, 0.29) is 32.3 Å². The molecule has 2 atom stereocenters. The summed E-state index contributed by atoms with van der Waals surface area (Å²) in [4.78, 5) is 22.2. The third kappa shape index (κ3) is 30.2. The summed E-state index contributed by atoms with van der Waals surface area (Å²) in [5, 5.41) is 0. The number of rotatable bonds is 31. The molecule has 0 aromatic carbocycles. The van der Waals surface area contributed by atoms with Gasteiger partial charge < -0.3 is 20.1 Å². The molecule has 3 N–H and O–H groups in total. The molecule has 9 heteroatoms. The molecule has 0 aromatic heterocycles. The molecule has 242 valence electrons. The average Bonchev–Trinajstić information content (AvgIpc) is 2.96. The van der Waals surface area contributed by atoms with Crippen LogP contribution in [0.1, 0.15) is 136 Å². The van der Waals surface area contributed by atoms with E-state index in [1.807, 2.05) is 0 Å². The molecule has 0 radical (unpaired) electrons. The van der Waals surface area contributed by atoms with Crippen LogP contribution in [-0.2, 0) is 27.9 Å². The Morgan fingerprint density at radius 3 is 1.88 bits per heavy atom. The number of phosphoric acid groups is 1. The van der Waals surface area contributed by atoms with Gasteiger partial charge in [0.25, 0.3) is 0 Å². The summed E-state index contributed by atoms with van der Waals surface area (Å²) in [5.74, 6) is -0.346. The highest BCUT2D eigenvalue weighted by atomic mass is 31.2. The largest absolute Gasteiger partial charge is 0.472 e. The first-order valence-electron chi connectivity index (χ1n) is 16.3. The smallest absolute Gasteiger partial charge is 0.457 e. The van der Waals surface area contributed by atoms with Crippen LogP contribution in [0.3, 0.4) is 0 Å². The summed E-state index contributed by atoms with van der Waals surface area (Å²) in [6.07, 6.45) is 29.0. The Morgan fingerprint density at radius 1 is 0.707 bits per heavy atom. The molecule has 2 unspecified atom stereocenters. The second kappa shape index (κ2) is 30.4. The molecule has 8 nitrogen and oxygen atoms in total. The van der Waals surface area contributed by atoms with E-state index in [0.717, 1.165) is 44.9 Å². The number of carbonyl (C=O) groups is 1. The lowest BCUT2D eigenvalue weighted by Gasteiger charge is -2.20. The molecule has 0 fully saturated rings. The van der Waals surface area contributed by atoms with Gasteiger partial charge >= 0.3 is 13.8 Å². The van der Waals surface area contributed by atoms with Gasteiger partial charge in [0.1, 0.15) is 6.10 Å². The van der Waals surface area contributed by atoms with Crippen molar-refractivity contribution in [1.82, 2.24) is 0 Å². The summed E-state index contributed by atoms with van der Waals surface area (Å²) < 4.78 is 33.1. The fraction of sp³-hybridized carbons (Fsp3) is 0.844. The summed E-state index contributed by atoms with van der Waals surface area (Å²) in [5.41, 5.74) is 5.33. The van der Waals surface area contributed by atoms with Gasteiger partial charge in [0.2, 0.25) is 0 Å². The number of hydrogen-bond acceptors (Lipinski definition) is 7. The van der Waals surface area contributed by atoms with E-state index in [1.54, 1.807) is 0 Å². The lowest BCUT2D eigenvalue weighted by Crippen LogP contribution is -2.28. The van der Waals surface area contributed by atoms with Crippen molar-refractivity contribution >= 4 is 13.8 Å². The highest BCUT2D eigenvalue weighted by molar-refractivity contribution is 7.47. The monoisotopic (exact) mass is 603 g/mol. The van der Waals surface area contributed by atoms with E-state index < -0.39 is 13.9 Å². The molecule has 0 aromatic rings. The van der Waals surface area contributed by atoms with E-state index in [0.29, 0.717) is 13.0 Å². The van der Waals surface area contributed by atoms with Gasteiger partial charge in [-0.2, -0.15) is 0 Å². The lowest BCUT2D eigenvalue weighted by molar-refractivity contribution is -0.154. The van der Waals surface area contributed by atoms with Crippen LogP contribution >= 0.6 is 7.82 Å². The summed E-state index contributed by atoms with van der Waals surface area (Å²) in [6, 6.07) is 0. The molecule has 0 rings (SSSR count). The number of hydrogen-bond donors (Lipinski definition) is 2. The van der Waals surface area contributed by atoms with Crippen LogP contribution in [0.25, 0.3) is 0 Å². The molecule has 0 saturated heterocycles. The van der Waals surface area contributed by atoms with Gasteiger partial charge in [-0.15, -0.1) is 0 Å². The average molecular weight is 604 g/mol. The Morgan fingerprint density at radius 2 is 1.27 bits per heavy atom. The van der Waals surface area contributed by atoms with Gasteiger partial charge in [-0.3, -0.25) is 13.8 Å². The van der Waals surface area contributed by atoms with Crippen LogP contribution in [-0.4, -0.2) is 49.9 Å². The van der Waals surface area contributed by atoms with Crippen molar-refractivity contribution in [2.45, 2.75) is 142 Å². The third-order valence-corrected chi connectivity index (χ3v) is 7.56. The molecular weight excluding hydrogens is 541 g/mol. The van der Waals surface area contributed by atoms with E-state index in [9.17, 15) is 14.3 Å². The fourth-order valence-corrected chi connectivity index (χ4v) is 4.92. The standard InChI is InChI=1S/C32H62NO7P/c1-3-5-7-9-11-13-15-17-19-21-23-25-32(34)40-31(30-39-41(35,36)38-28-26-33)29-37-27-24-22-20-18-16-14-12-10-8-6-4-2/h8-11,31H,3-7,12-30,33H2,1-2H3,(H,35,36)/b10-8-,11-9-. The quantitative estimate of drug-likeness (QED) is 0.0350.